The summed E-state index contributed by atoms with van der Waals surface area (Å²) in [5, 5.41) is 22.1. The van der Waals surface area contributed by atoms with Gasteiger partial charge in [-0.3, -0.25) is 5.14 Å². The molecule has 4 N–H and O–H groups in total. The van der Waals surface area contributed by atoms with E-state index in [9.17, 15) is 14.1 Å². The molecule has 2 heterocycles. The number of ether oxygens (including phenoxy) is 1. The summed E-state index contributed by atoms with van der Waals surface area (Å²) >= 11 is 0.984. The summed E-state index contributed by atoms with van der Waals surface area (Å²) in [6.45, 7) is 3.75. The molecule has 1 aliphatic carbocycles. The highest BCUT2D eigenvalue weighted by atomic mass is 32.3. The predicted octanol–water partition coefficient (Wildman–Crippen LogP) is 2.64. The molecule has 0 radical (unpaired) electrons. The summed E-state index contributed by atoms with van der Waals surface area (Å²) in [6, 6.07) is 1.31. The van der Waals surface area contributed by atoms with Gasteiger partial charge in [-0.2, -0.15) is 0 Å². The maximum atomic E-state index is 12.7. The number of aryl methyl sites for hydroxylation is 1. The van der Waals surface area contributed by atoms with Crippen molar-refractivity contribution in [2.24, 2.45) is 14.8 Å². The second-order valence-electron chi connectivity index (χ2n) is 7.63. The summed E-state index contributed by atoms with van der Waals surface area (Å²) in [5.74, 6) is 0.796. The Balaban J connectivity index is 1.54. The van der Waals surface area contributed by atoms with Gasteiger partial charge in [0, 0.05) is 18.2 Å². The molecular formula is C18H23N5O4S2. The van der Waals surface area contributed by atoms with Crippen LogP contribution in [0.25, 0.3) is 0 Å². The van der Waals surface area contributed by atoms with Crippen molar-refractivity contribution in [3.05, 3.63) is 33.8 Å². The molecule has 0 unspecified atom stereocenters. The Bertz CT molecular complexity index is 1030. The summed E-state index contributed by atoms with van der Waals surface area (Å²) in [5.41, 5.74) is 2.81. The first-order valence-electron chi connectivity index (χ1n) is 9.28. The monoisotopic (exact) mass is 437 g/mol. The van der Waals surface area contributed by atoms with Gasteiger partial charge in [0.25, 0.3) is 0 Å². The van der Waals surface area contributed by atoms with Gasteiger partial charge in [-0.05, 0) is 50.3 Å². The van der Waals surface area contributed by atoms with Crippen LogP contribution in [-0.4, -0.2) is 26.9 Å². The SMILES string of the molecule is CC(C)(O)c1cnc([SH](N)(=O)/N=N/C(=O)Nc2c3c(cc4c2CCO4)CCC3)s1. The van der Waals surface area contributed by atoms with Gasteiger partial charge in [0.2, 0.25) is 0 Å². The fraction of sp³-hybridized carbons (Fsp3) is 0.444. The van der Waals surface area contributed by atoms with E-state index in [1.165, 1.54) is 11.8 Å². The summed E-state index contributed by atoms with van der Waals surface area (Å²) < 4.78 is 21.9. The van der Waals surface area contributed by atoms with Crippen molar-refractivity contribution >= 4 is 33.4 Å². The van der Waals surface area contributed by atoms with E-state index in [1.807, 2.05) is 0 Å². The van der Waals surface area contributed by atoms with Crippen molar-refractivity contribution in [2.45, 2.75) is 49.5 Å². The number of hydrogen-bond donors (Lipinski definition) is 4. The van der Waals surface area contributed by atoms with Crippen LogP contribution in [0.3, 0.4) is 0 Å². The van der Waals surface area contributed by atoms with Crippen LogP contribution in [0.4, 0.5) is 10.5 Å². The minimum Gasteiger partial charge on any atom is -0.493 e. The highest BCUT2D eigenvalue weighted by Gasteiger charge is 2.27. The number of aliphatic hydroxyl groups is 1. The molecule has 11 heteroatoms. The maximum Gasteiger partial charge on any atom is 0.364 e. The number of amides is 2. The molecule has 0 atom stereocenters. The Morgan fingerprint density at radius 2 is 2.17 bits per heavy atom. The number of benzene rings is 1. The van der Waals surface area contributed by atoms with E-state index in [4.69, 9.17) is 9.88 Å². The Kier molecular flexibility index (Phi) is 5.01. The van der Waals surface area contributed by atoms with Gasteiger partial charge in [0.1, 0.15) is 5.75 Å². The zero-order valence-electron chi connectivity index (χ0n) is 16.1. The zero-order chi connectivity index (χ0) is 20.8. The van der Waals surface area contributed by atoms with Crippen LogP contribution in [0.15, 0.2) is 26.2 Å². The van der Waals surface area contributed by atoms with Crippen LogP contribution < -0.4 is 15.2 Å². The number of nitrogens with zero attached hydrogens (tertiary/aromatic N) is 3. The first-order valence-corrected chi connectivity index (χ1v) is 11.8. The minimum absolute atomic E-state index is 0.0288. The average molecular weight is 438 g/mol. The Labute approximate surface area is 173 Å². The molecule has 0 fully saturated rings. The number of hydrogen-bond acceptors (Lipinski definition) is 6. The van der Waals surface area contributed by atoms with Crippen molar-refractivity contribution in [3.63, 3.8) is 0 Å². The number of thiazole rings is 1. The lowest BCUT2D eigenvalue weighted by atomic mass is 10.0. The normalized spacial score (nSPS) is 16.6. The molecule has 1 aromatic carbocycles. The number of aromatic nitrogens is 1. The summed E-state index contributed by atoms with van der Waals surface area (Å²) in [4.78, 5) is 16.9. The lowest BCUT2D eigenvalue weighted by Gasteiger charge is -2.14. The quantitative estimate of drug-likeness (QED) is 0.430. The van der Waals surface area contributed by atoms with E-state index in [-0.39, 0.29) is 4.34 Å². The molecule has 29 heavy (non-hydrogen) atoms. The molecule has 9 nitrogen and oxygen atoms in total. The number of rotatable bonds is 4. The second-order valence-corrected chi connectivity index (χ2v) is 10.8. The molecule has 0 spiro atoms. The molecule has 0 bridgehead atoms. The number of carbonyl (C=O) groups excluding carboxylic acids is 1. The third kappa shape index (κ3) is 3.95. The number of urea groups is 1. The van der Waals surface area contributed by atoms with Crippen LogP contribution in [0.2, 0.25) is 0 Å². The fourth-order valence-electron chi connectivity index (χ4n) is 3.53. The van der Waals surface area contributed by atoms with Gasteiger partial charge in [-0.25, -0.2) is 14.0 Å². The van der Waals surface area contributed by atoms with Crippen molar-refractivity contribution in [3.8, 4) is 5.75 Å². The van der Waals surface area contributed by atoms with Gasteiger partial charge >= 0.3 is 6.03 Å². The molecule has 1 aliphatic heterocycles. The van der Waals surface area contributed by atoms with E-state index < -0.39 is 21.9 Å². The van der Waals surface area contributed by atoms with E-state index in [1.54, 1.807) is 13.8 Å². The van der Waals surface area contributed by atoms with Crippen LogP contribution >= 0.6 is 11.3 Å². The van der Waals surface area contributed by atoms with Crippen molar-refractivity contribution in [1.29, 1.82) is 0 Å². The largest absolute Gasteiger partial charge is 0.493 e. The van der Waals surface area contributed by atoms with Gasteiger partial charge in [-0.15, -0.1) is 11.3 Å². The van der Waals surface area contributed by atoms with Crippen molar-refractivity contribution in [2.75, 3.05) is 11.9 Å². The van der Waals surface area contributed by atoms with Gasteiger partial charge < -0.3 is 15.2 Å². The van der Waals surface area contributed by atoms with Gasteiger partial charge in [-0.1, -0.05) is 9.63 Å². The molecule has 2 aliphatic rings. The molecule has 1 aromatic heterocycles. The molecule has 2 amide bonds. The zero-order valence-corrected chi connectivity index (χ0v) is 17.8. The minimum atomic E-state index is -3.82. The second kappa shape index (κ2) is 7.24. The number of nitrogens with one attached hydrogen (secondary N) is 1. The highest BCUT2D eigenvalue weighted by Crippen LogP contribution is 2.41. The Morgan fingerprint density at radius 1 is 1.38 bits per heavy atom. The smallest absolute Gasteiger partial charge is 0.364 e. The first kappa shape index (κ1) is 20.1. The van der Waals surface area contributed by atoms with Crippen LogP contribution in [0.5, 0.6) is 5.75 Å². The van der Waals surface area contributed by atoms with Crippen LogP contribution in [0.1, 0.15) is 41.8 Å². The summed E-state index contributed by atoms with van der Waals surface area (Å²) in [7, 11) is -3.82. The predicted molar refractivity (Wildman–Crippen MR) is 111 cm³/mol. The molecular weight excluding hydrogens is 414 g/mol. The third-order valence-corrected chi connectivity index (χ3v) is 8.14. The van der Waals surface area contributed by atoms with E-state index >= 15 is 0 Å². The lowest BCUT2D eigenvalue weighted by Crippen LogP contribution is -2.20. The topological polar surface area (TPSA) is 139 Å². The first-order chi connectivity index (χ1) is 13.6. The van der Waals surface area contributed by atoms with Gasteiger partial charge in [0.05, 0.1) is 33.1 Å². The third-order valence-electron chi connectivity index (χ3n) is 4.95. The molecule has 2 aromatic rings. The van der Waals surface area contributed by atoms with Crippen molar-refractivity contribution < 1.29 is 18.8 Å². The number of carbonyl (C=O) groups is 1. The number of thiol groups is 1. The molecule has 0 saturated carbocycles. The van der Waals surface area contributed by atoms with E-state index in [2.05, 4.69) is 26.0 Å². The highest BCUT2D eigenvalue weighted by molar-refractivity contribution is 8.01. The lowest BCUT2D eigenvalue weighted by molar-refractivity contribution is 0.0823. The molecule has 0 saturated heterocycles. The Morgan fingerprint density at radius 3 is 2.90 bits per heavy atom. The average Bonchev–Trinajstić information content (AvgIpc) is 3.38. The van der Waals surface area contributed by atoms with Gasteiger partial charge in [0.15, 0.2) is 4.34 Å². The number of nitrogens with two attached hydrogens (primary N) is 1. The summed E-state index contributed by atoms with van der Waals surface area (Å²) in [6.07, 6.45) is 4.95. The maximum absolute atomic E-state index is 12.7. The van der Waals surface area contributed by atoms with Crippen LogP contribution in [-0.2, 0) is 35.2 Å². The standard InChI is InChI=1S/C18H23N5O4S2/c1-18(2,25)14-9-20-17(28-14)29(19,26)23-22-16(24)21-15-11-5-3-4-10(11)8-13-12(15)6-7-27-13/h8-9,25,29H,3-7H2,1-2H3,(H2,19,26)(H,21,24)/b23-22+. The molecule has 4 rings (SSSR count). The number of fused-ring (bicyclic) bond motifs is 2. The number of anilines is 1. The Hall–Kier alpha value is -2.21. The molecule has 156 valence electrons. The van der Waals surface area contributed by atoms with Crippen LogP contribution in [0, 0.1) is 0 Å². The van der Waals surface area contributed by atoms with E-state index in [0.717, 1.165) is 53.2 Å². The van der Waals surface area contributed by atoms with E-state index in [0.29, 0.717) is 17.9 Å². The fourth-order valence-corrected chi connectivity index (χ4v) is 5.63. The van der Waals surface area contributed by atoms with Crippen molar-refractivity contribution in [1.82, 2.24) is 4.98 Å².